The molecular weight excluding hydrogens is 484 g/mol. The van der Waals surface area contributed by atoms with E-state index in [0.29, 0.717) is 21.8 Å². The lowest BCUT2D eigenvalue weighted by Gasteiger charge is -2.19. The second-order valence-corrected chi connectivity index (χ2v) is 9.54. The number of fused-ring (bicyclic) bond motifs is 1. The van der Waals surface area contributed by atoms with Gasteiger partial charge in [0.1, 0.15) is 5.03 Å². The van der Waals surface area contributed by atoms with E-state index in [9.17, 15) is 9.90 Å². The van der Waals surface area contributed by atoms with Crippen molar-refractivity contribution in [3.05, 3.63) is 89.9 Å². The Hall–Kier alpha value is -4.68. The molecule has 0 atom stereocenters. The second kappa shape index (κ2) is 9.76. The lowest BCUT2D eigenvalue weighted by molar-refractivity contribution is 0.204. The SMILES string of the molecule is Cc1cc(-c2ccncc2)cc(C)c1Sc1nc(N(C(=O)O)c2ccc(C#N)cc2)nc2ccn(C)c12. The van der Waals surface area contributed by atoms with E-state index in [1.54, 1.807) is 36.7 Å². The number of hydrogen-bond donors (Lipinski definition) is 1. The lowest BCUT2D eigenvalue weighted by atomic mass is 10.0. The number of pyridine rings is 1. The summed E-state index contributed by atoms with van der Waals surface area (Å²) in [5.41, 5.74) is 6.61. The van der Waals surface area contributed by atoms with Crippen LogP contribution in [0.1, 0.15) is 16.7 Å². The number of aromatic nitrogens is 4. The predicted octanol–water partition coefficient (Wildman–Crippen LogP) is 6.49. The minimum absolute atomic E-state index is 0.0436. The quantitative estimate of drug-likeness (QED) is 0.272. The molecule has 8 nitrogen and oxygen atoms in total. The van der Waals surface area contributed by atoms with E-state index in [-0.39, 0.29) is 5.95 Å². The number of carbonyl (C=O) groups is 1. The molecule has 0 aliphatic rings. The molecule has 3 heterocycles. The van der Waals surface area contributed by atoms with E-state index in [1.807, 2.05) is 42.1 Å². The summed E-state index contributed by atoms with van der Waals surface area (Å²) >= 11 is 1.49. The molecule has 5 rings (SSSR count). The zero-order valence-corrected chi connectivity index (χ0v) is 21.2. The Morgan fingerprint density at radius 1 is 1.00 bits per heavy atom. The van der Waals surface area contributed by atoms with Crippen molar-refractivity contribution < 1.29 is 9.90 Å². The maximum Gasteiger partial charge on any atom is 0.418 e. The largest absolute Gasteiger partial charge is 0.464 e. The molecule has 0 radical (unpaired) electrons. The first-order valence-electron chi connectivity index (χ1n) is 11.4. The third-order valence-corrected chi connectivity index (χ3v) is 7.32. The Labute approximate surface area is 217 Å². The van der Waals surface area contributed by atoms with Crippen molar-refractivity contribution in [1.29, 1.82) is 5.26 Å². The molecule has 0 aliphatic carbocycles. The van der Waals surface area contributed by atoms with Gasteiger partial charge in [-0.2, -0.15) is 5.26 Å². The van der Waals surface area contributed by atoms with E-state index >= 15 is 0 Å². The van der Waals surface area contributed by atoms with Crippen LogP contribution >= 0.6 is 11.8 Å². The fraction of sp³-hybridized carbons (Fsp3) is 0.107. The molecule has 1 amide bonds. The van der Waals surface area contributed by atoms with E-state index in [2.05, 4.69) is 35.9 Å². The smallest absolute Gasteiger partial charge is 0.418 e. The minimum Gasteiger partial charge on any atom is -0.464 e. The van der Waals surface area contributed by atoms with Crippen molar-refractivity contribution in [3.63, 3.8) is 0 Å². The highest BCUT2D eigenvalue weighted by Crippen LogP contribution is 2.39. The fourth-order valence-electron chi connectivity index (χ4n) is 4.23. The monoisotopic (exact) mass is 506 g/mol. The maximum atomic E-state index is 12.3. The van der Waals surface area contributed by atoms with Crippen LogP contribution in [0.3, 0.4) is 0 Å². The number of amides is 1. The summed E-state index contributed by atoms with van der Waals surface area (Å²) in [6.07, 6.45) is 4.22. The second-order valence-electron chi connectivity index (χ2n) is 8.54. The first-order chi connectivity index (χ1) is 17.9. The van der Waals surface area contributed by atoms with Crippen LogP contribution in [0.15, 0.2) is 83.1 Å². The van der Waals surface area contributed by atoms with Crippen LogP contribution < -0.4 is 4.90 Å². The maximum absolute atomic E-state index is 12.3. The molecule has 1 N–H and O–H groups in total. The molecule has 0 fully saturated rings. The van der Waals surface area contributed by atoms with Gasteiger partial charge >= 0.3 is 6.09 Å². The highest BCUT2D eigenvalue weighted by atomic mass is 32.2. The number of nitriles is 1. The summed E-state index contributed by atoms with van der Waals surface area (Å²) < 4.78 is 1.93. The van der Waals surface area contributed by atoms with Gasteiger partial charge in [-0.05, 0) is 78.6 Å². The minimum atomic E-state index is -1.22. The van der Waals surface area contributed by atoms with Gasteiger partial charge in [0.05, 0.1) is 28.4 Å². The van der Waals surface area contributed by atoms with Gasteiger partial charge in [0, 0.05) is 30.5 Å². The molecule has 0 aliphatic heterocycles. The molecule has 5 aromatic rings. The molecule has 182 valence electrons. The van der Waals surface area contributed by atoms with Gasteiger partial charge in [-0.15, -0.1) is 0 Å². The Morgan fingerprint density at radius 2 is 1.68 bits per heavy atom. The summed E-state index contributed by atoms with van der Waals surface area (Å²) in [5, 5.41) is 19.8. The molecule has 0 saturated carbocycles. The number of benzene rings is 2. The molecule has 0 spiro atoms. The molecule has 2 aromatic carbocycles. The van der Waals surface area contributed by atoms with Crippen LogP contribution in [0.25, 0.3) is 22.2 Å². The number of rotatable bonds is 5. The van der Waals surface area contributed by atoms with Crippen molar-refractivity contribution in [2.75, 3.05) is 4.90 Å². The van der Waals surface area contributed by atoms with E-state index in [4.69, 9.17) is 10.2 Å². The molecular formula is C28H22N6O2S. The van der Waals surface area contributed by atoms with Gasteiger partial charge in [0.15, 0.2) is 0 Å². The molecule has 3 aromatic heterocycles. The van der Waals surface area contributed by atoms with Gasteiger partial charge < -0.3 is 9.67 Å². The number of hydrogen-bond acceptors (Lipinski definition) is 6. The molecule has 9 heteroatoms. The summed E-state index contributed by atoms with van der Waals surface area (Å²) in [6, 6.07) is 18.4. The van der Waals surface area contributed by atoms with Gasteiger partial charge in [-0.3, -0.25) is 4.98 Å². The molecule has 37 heavy (non-hydrogen) atoms. The third-order valence-electron chi connectivity index (χ3n) is 5.99. The van der Waals surface area contributed by atoms with Gasteiger partial charge in [-0.1, -0.05) is 23.9 Å². The van der Waals surface area contributed by atoms with E-state index in [1.165, 1.54) is 11.8 Å². The predicted molar refractivity (Wildman–Crippen MR) is 143 cm³/mol. The Morgan fingerprint density at radius 3 is 2.30 bits per heavy atom. The third kappa shape index (κ3) is 4.62. The van der Waals surface area contributed by atoms with Crippen LogP contribution in [0.4, 0.5) is 16.4 Å². The van der Waals surface area contributed by atoms with E-state index < -0.39 is 6.09 Å². The number of carboxylic acid groups (broad SMARTS) is 1. The molecule has 0 saturated heterocycles. The average Bonchev–Trinajstić information content (AvgIpc) is 3.27. The summed E-state index contributed by atoms with van der Waals surface area (Å²) in [5.74, 6) is 0.0436. The number of aryl methyl sites for hydroxylation is 3. The number of anilines is 2. The zero-order valence-electron chi connectivity index (χ0n) is 20.4. The van der Waals surface area contributed by atoms with Gasteiger partial charge in [0.25, 0.3) is 0 Å². The Bertz CT molecular complexity index is 1650. The lowest BCUT2D eigenvalue weighted by Crippen LogP contribution is -2.26. The summed E-state index contributed by atoms with van der Waals surface area (Å²) in [7, 11) is 1.91. The fourth-order valence-corrected chi connectivity index (χ4v) is 5.34. The van der Waals surface area contributed by atoms with Crippen LogP contribution in [0.2, 0.25) is 0 Å². The van der Waals surface area contributed by atoms with Crippen LogP contribution in [-0.2, 0) is 7.05 Å². The normalized spacial score (nSPS) is 10.9. The average molecular weight is 507 g/mol. The van der Waals surface area contributed by atoms with Crippen molar-refractivity contribution in [3.8, 4) is 17.2 Å². The van der Waals surface area contributed by atoms with Crippen LogP contribution in [-0.4, -0.2) is 30.7 Å². The number of nitrogens with zero attached hydrogens (tertiary/aromatic N) is 6. The van der Waals surface area contributed by atoms with Crippen LogP contribution in [0.5, 0.6) is 0 Å². The van der Waals surface area contributed by atoms with Crippen LogP contribution in [0, 0.1) is 25.2 Å². The van der Waals surface area contributed by atoms with Crippen molar-refractivity contribution >= 4 is 40.5 Å². The van der Waals surface area contributed by atoms with Gasteiger partial charge in [0.2, 0.25) is 5.95 Å². The topological polar surface area (TPSA) is 108 Å². The van der Waals surface area contributed by atoms with Crippen molar-refractivity contribution in [2.24, 2.45) is 7.05 Å². The zero-order chi connectivity index (χ0) is 26.1. The Balaban J connectivity index is 1.61. The molecule has 0 unspecified atom stereocenters. The van der Waals surface area contributed by atoms with Crippen molar-refractivity contribution in [1.82, 2.24) is 19.5 Å². The standard InChI is InChI=1S/C28H22N6O2S/c1-17-14-21(20-8-11-30-12-9-20)15-18(2)25(17)37-26-24-23(10-13-33(24)3)31-27(32-26)34(28(35)36)22-6-4-19(16-29)5-7-22/h4-15H,1-3H3,(H,35,36). The Kier molecular flexibility index (Phi) is 6.34. The molecule has 0 bridgehead atoms. The van der Waals surface area contributed by atoms with Gasteiger partial charge in [-0.25, -0.2) is 19.7 Å². The van der Waals surface area contributed by atoms with Crippen molar-refractivity contribution in [2.45, 2.75) is 23.8 Å². The summed E-state index contributed by atoms with van der Waals surface area (Å²) in [6.45, 7) is 4.12. The first-order valence-corrected chi connectivity index (χ1v) is 12.2. The first kappa shape index (κ1) is 24.0. The highest BCUT2D eigenvalue weighted by molar-refractivity contribution is 7.99. The van der Waals surface area contributed by atoms with E-state index in [0.717, 1.165) is 37.6 Å². The summed E-state index contributed by atoms with van der Waals surface area (Å²) in [4.78, 5) is 27.8. The highest BCUT2D eigenvalue weighted by Gasteiger charge is 2.24.